The number of aromatic nitrogens is 2. The quantitative estimate of drug-likeness (QED) is 0.743. The Hall–Kier alpha value is -1.92. The average molecular weight is 339 g/mol. The largest absolute Gasteiger partial charge is 0.354 e. The van der Waals surface area contributed by atoms with E-state index in [2.05, 4.69) is 15.3 Å². The summed E-state index contributed by atoms with van der Waals surface area (Å²) in [5.74, 6) is 0.567. The van der Waals surface area contributed by atoms with Crippen molar-refractivity contribution in [3.05, 3.63) is 40.4 Å². The van der Waals surface area contributed by atoms with Crippen LogP contribution in [0.5, 0.6) is 0 Å². The topological polar surface area (TPSA) is 101 Å². The van der Waals surface area contributed by atoms with Gasteiger partial charge >= 0.3 is 0 Å². The lowest BCUT2D eigenvalue weighted by Crippen LogP contribution is -2.45. The number of nitrogens with zero attached hydrogens (tertiary/aromatic N) is 1. The van der Waals surface area contributed by atoms with Crippen LogP contribution in [0, 0.1) is 0 Å². The van der Waals surface area contributed by atoms with Crippen LogP contribution >= 0.6 is 12.4 Å². The molecule has 4 N–H and O–H groups in total. The summed E-state index contributed by atoms with van der Waals surface area (Å²) >= 11 is 0. The predicted molar refractivity (Wildman–Crippen MR) is 93.8 cm³/mol. The van der Waals surface area contributed by atoms with Crippen LogP contribution < -0.4 is 16.6 Å². The summed E-state index contributed by atoms with van der Waals surface area (Å²) in [4.78, 5) is 30.8. The molecule has 23 heavy (non-hydrogen) atoms. The van der Waals surface area contributed by atoms with Gasteiger partial charge in [-0.25, -0.2) is 4.98 Å². The highest BCUT2D eigenvalue weighted by Gasteiger charge is 2.12. The standard InChI is InChI=1S/C16H22N4O2.ClH/c1-16(2,17)10-18-14(21)9-5-8-13-19-12-7-4-3-6-11(12)15(22)20-13;/h3-4,6-7H,5,8-10,17H2,1-2H3,(H,18,21)(H,19,20,22);1H. The number of para-hydroxylation sites is 1. The smallest absolute Gasteiger partial charge is 0.258 e. The summed E-state index contributed by atoms with van der Waals surface area (Å²) in [5, 5.41) is 3.37. The molecule has 0 aliphatic heterocycles. The van der Waals surface area contributed by atoms with E-state index in [9.17, 15) is 9.59 Å². The fraction of sp³-hybridized carbons (Fsp3) is 0.438. The summed E-state index contributed by atoms with van der Waals surface area (Å²) < 4.78 is 0. The van der Waals surface area contributed by atoms with Crippen LogP contribution in [-0.2, 0) is 11.2 Å². The molecule has 0 aliphatic carbocycles. The summed E-state index contributed by atoms with van der Waals surface area (Å²) in [6, 6.07) is 7.21. The van der Waals surface area contributed by atoms with Crippen LogP contribution in [0.25, 0.3) is 10.9 Å². The number of aromatic amines is 1. The Bertz CT molecular complexity index is 722. The maximum absolute atomic E-state index is 11.9. The summed E-state index contributed by atoms with van der Waals surface area (Å²) in [7, 11) is 0. The van der Waals surface area contributed by atoms with Gasteiger partial charge in [0.15, 0.2) is 0 Å². The Balaban J connectivity index is 0.00000264. The van der Waals surface area contributed by atoms with Gasteiger partial charge in [0.05, 0.1) is 10.9 Å². The van der Waals surface area contributed by atoms with Crippen molar-refractivity contribution in [2.75, 3.05) is 6.54 Å². The molecule has 0 aliphatic rings. The molecule has 1 aromatic heterocycles. The number of halogens is 1. The van der Waals surface area contributed by atoms with Crippen molar-refractivity contribution in [3.63, 3.8) is 0 Å². The minimum Gasteiger partial charge on any atom is -0.354 e. The van der Waals surface area contributed by atoms with E-state index >= 15 is 0 Å². The SMILES string of the molecule is CC(C)(N)CNC(=O)CCCc1nc2ccccc2c(=O)[nH]1.Cl. The lowest BCUT2D eigenvalue weighted by atomic mass is 10.1. The molecule has 2 rings (SSSR count). The molecule has 6 nitrogen and oxygen atoms in total. The zero-order valence-electron chi connectivity index (χ0n) is 13.4. The Labute approximate surface area is 141 Å². The van der Waals surface area contributed by atoms with Gasteiger partial charge in [-0.2, -0.15) is 0 Å². The van der Waals surface area contributed by atoms with Crippen LogP contribution in [0.2, 0.25) is 0 Å². The normalized spacial score (nSPS) is 11.1. The number of rotatable bonds is 6. The van der Waals surface area contributed by atoms with Gasteiger partial charge in [0.2, 0.25) is 5.91 Å². The van der Waals surface area contributed by atoms with Crippen molar-refractivity contribution in [1.82, 2.24) is 15.3 Å². The van der Waals surface area contributed by atoms with E-state index in [0.29, 0.717) is 42.5 Å². The number of carbonyl (C=O) groups excluding carboxylic acids is 1. The van der Waals surface area contributed by atoms with Crippen molar-refractivity contribution in [2.24, 2.45) is 5.73 Å². The Morgan fingerprint density at radius 1 is 1.35 bits per heavy atom. The number of benzene rings is 1. The van der Waals surface area contributed by atoms with Gasteiger partial charge in [0, 0.05) is 24.9 Å². The Morgan fingerprint density at radius 2 is 2.04 bits per heavy atom. The molecule has 0 spiro atoms. The third kappa shape index (κ3) is 6.00. The molecule has 0 saturated carbocycles. The lowest BCUT2D eigenvalue weighted by molar-refractivity contribution is -0.121. The van der Waals surface area contributed by atoms with Crippen LogP contribution in [0.3, 0.4) is 0 Å². The number of amides is 1. The molecule has 0 atom stereocenters. The number of nitrogens with one attached hydrogen (secondary N) is 2. The predicted octanol–water partition coefficient (Wildman–Crippen LogP) is 1.52. The van der Waals surface area contributed by atoms with Gasteiger partial charge in [0.25, 0.3) is 5.56 Å². The highest BCUT2D eigenvalue weighted by Crippen LogP contribution is 2.07. The van der Waals surface area contributed by atoms with Crippen LogP contribution in [0.4, 0.5) is 0 Å². The minimum atomic E-state index is -0.416. The minimum absolute atomic E-state index is 0. The van der Waals surface area contributed by atoms with Crippen LogP contribution in [-0.4, -0.2) is 28.0 Å². The molecule has 1 aromatic carbocycles. The molecule has 0 unspecified atom stereocenters. The second-order valence-electron chi connectivity index (χ2n) is 6.15. The van der Waals surface area contributed by atoms with Crippen LogP contribution in [0.1, 0.15) is 32.5 Å². The zero-order valence-corrected chi connectivity index (χ0v) is 14.2. The summed E-state index contributed by atoms with van der Waals surface area (Å²) in [6.07, 6.45) is 1.56. The number of nitrogens with two attached hydrogens (primary N) is 1. The first kappa shape index (κ1) is 19.1. The van der Waals surface area contributed by atoms with Crippen molar-refractivity contribution < 1.29 is 4.79 Å². The lowest BCUT2D eigenvalue weighted by Gasteiger charge is -2.18. The maximum atomic E-state index is 11.9. The average Bonchev–Trinajstić information content (AvgIpc) is 2.44. The van der Waals surface area contributed by atoms with E-state index in [-0.39, 0.29) is 23.9 Å². The third-order valence-electron chi connectivity index (χ3n) is 3.22. The highest BCUT2D eigenvalue weighted by molar-refractivity contribution is 5.85. The van der Waals surface area contributed by atoms with E-state index < -0.39 is 5.54 Å². The van der Waals surface area contributed by atoms with E-state index in [4.69, 9.17) is 5.73 Å². The molecular formula is C16H23ClN4O2. The molecule has 0 radical (unpaired) electrons. The number of aryl methyl sites for hydroxylation is 1. The van der Waals surface area contributed by atoms with Crippen LogP contribution in [0.15, 0.2) is 29.1 Å². The molecule has 0 fully saturated rings. The maximum Gasteiger partial charge on any atom is 0.258 e. The first-order chi connectivity index (χ1) is 10.3. The molecule has 1 heterocycles. The Kier molecular flexibility index (Phi) is 6.72. The fourth-order valence-corrected chi connectivity index (χ4v) is 2.08. The Morgan fingerprint density at radius 3 is 2.74 bits per heavy atom. The van der Waals surface area contributed by atoms with E-state index in [1.807, 2.05) is 32.0 Å². The van der Waals surface area contributed by atoms with Gasteiger partial charge < -0.3 is 16.0 Å². The van der Waals surface area contributed by atoms with E-state index in [1.54, 1.807) is 6.07 Å². The van der Waals surface area contributed by atoms with Crippen molar-refractivity contribution in [1.29, 1.82) is 0 Å². The zero-order chi connectivity index (χ0) is 16.2. The number of hydrogen-bond donors (Lipinski definition) is 3. The monoisotopic (exact) mass is 338 g/mol. The molecule has 0 saturated heterocycles. The number of hydrogen-bond acceptors (Lipinski definition) is 4. The van der Waals surface area contributed by atoms with Gasteiger partial charge in [0.1, 0.15) is 5.82 Å². The van der Waals surface area contributed by atoms with E-state index in [0.717, 1.165) is 0 Å². The van der Waals surface area contributed by atoms with Gasteiger partial charge in [-0.1, -0.05) is 12.1 Å². The molecule has 2 aromatic rings. The highest BCUT2D eigenvalue weighted by atomic mass is 35.5. The first-order valence-corrected chi connectivity index (χ1v) is 7.39. The number of fused-ring (bicyclic) bond motifs is 1. The molecule has 0 bridgehead atoms. The van der Waals surface area contributed by atoms with Crippen molar-refractivity contribution in [2.45, 2.75) is 38.6 Å². The molecule has 1 amide bonds. The van der Waals surface area contributed by atoms with Crippen molar-refractivity contribution in [3.8, 4) is 0 Å². The number of carbonyl (C=O) groups is 1. The summed E-state index contributed by atoms with van der Waals surface area (Å²) in [6.45, 7) is 4.16. The van der Waals surface area contributed by atoms with Gasteiger partial charge in [-0.05, 0) is 32.4 Å². The second-order valence-corrected chi connectivity index (χ2v) is 6.15. The fourth-order valence-electron chi connectivity index (χ4n) is 2.08. The molecule has 7 heteroatoms. The van der Waals surface area contributed by atoms with Crippen molar-refractivity contribution >= 4 is 29.2 Å². The van der Waals surface area contributed by atoms with Gasteiger partial charge in [-0.3, -0.25) is 9.59 Å². The van der Waals surface area contributed by atoms with Gasteiger partial charge in [-0.15, -0.1) is 12.4 Å². The van der Waals surface area contributed by atoms with E-state index in [1.165, 1.54) is 0 Å². The molecular weight excluding hydrogens is 316 g/mol. The number of H-pyrrole nitrogens is 1. The second kappa shape index (κ2) is 8.08. The third-order valence-corrected chi connectivity index (χ3v) is 3.22. The summed E-state index contributed by atoms with van der Waals surface area (Å²) in [5.41, 5.74) is 5.93. The molecule has 126 valence electrons. The first-order valence-electron chi connectivity index (χ1n) is 7.39.